The molecule has 0 unspecified atom stereocenters. The average molecular weight is 342 g/mol. The fourth-order valence-electron chi connectivity index (χ4n) is 2.41. The van der Waals surface area contributed by atoms with Gasteiger partial charge in [0.1, 0.15) is 11.5 Å². The van der Waals surface area contributed by atoms with E-state index < -0.39 is 0 Å². The summed E-state index contributed by atoms with van der Waals surface area (Å²) in [5.41, 5.74) is 1.33. The number of benzene rings is 2. The van der Waals surface area contributed by atoms with Crippen LogP contribution in [0.25, 0.3) is 0 Å². The molecule has 0 aliphatic carbocycles. The third-order valence-corrected chi connectivity index (χ3v) is 3.69. The van der Waals surface area contributed by atoms with E-state index in [1.54, 1.807) is 50.6 Å². The van der Waals surface area contributed by atoms with Gasteiger partial charge in [0.25, 0.3) is 0 Å². The first-order valence-corrected chi connectivity index (χ1v) is 7.90. The number of nitrogens with one attached hydrogen (secondary N) is 1. The highest BCUT2D eigenvalue weighted by Crippen LogP contribution is 2.28. The van der Waals surface area contributed by atoms with Gasteiger partial charge in [0.15, 0.2) is 0 Å². The SMILES string of the molecule is COc1ccc(NC(=O)CCN(C(C)=O)c2ccccc2OC)cc1. The van der Waals surface area contributed by atoms with Crippen molar-refractivity contribution in [1.82, 2.24) is 0 Å². The Kier molecular flexibility index (Phi) is 6.39. The number of carbonyl (C=O) groups is 2. The molecule has 6 heteroatoms. The number of rotatable bonds is 7. The second-order valence-corrected chi connectivity index (χ2v) is 5.37. The molecule has 2 rings (SSSR count). The molecule has 6 nitrogen and oxygen atoms in total. The third kappa shape index (κ3) is 4.97. The van der Waals surface area contributed by atoms with E-state index >= 15 is 0 Å². The van der Waals surface area contributed by atoms with E-state index in [0.717, 1.165) is 5.75 Å². The van der Waals surface area contributed by atoms with Gasteiger partial charge in [-0.2, -0.15) is 0 Å². The van der Waals surface area contributed by atoms with Gasteiger partial charge in [0.05, 0.1) is 19.9 Å². The molecule has 0 fully saturated rings. The van der Waals surface area contributed by atoms with Crippen molar-refractivity contribution in [2.45, 2.75) is 13.3 Å². The van der Waals surface area contributed by atoms with Crippen LogP contribution in [0.3, 0.4) is 0 Å². The lowest BCUT2D eigenvalue weighted by Crippen LogP contribution is -2.32. The largest absolute Gasteiger partial charge is 0.497 e. The molecule has 0 heterocycles. The first kappa shape index (κ1) is 18.3. The van der Waals surface area contributed by atoms with Crippen molar-refractivity contribution < 1.29 is 19.1 Å². The van der Waals surface area contributed by atoms with Gasteiger partial charge in [-0.1, -0.05) is 12.1 Å². The number of carbonyl (C=O) groups excluding carboxylic acids is 2. The molecule has 0 radical (unpaired) electrons. The number of methoxy groups -OCH3 is 2. The van der Waals surface area contributed by atoms with Crippen LogP contribution in [0.4, 0.5) is 11.4 Å². The molecule has 2 amide bonds. The zero-order valence-corrected chi connectivity index (χ0v) is 14.6. The van der Waals surface area contributed by atoms with Gasteiger partial charge >= 0.3 is 0 Å². The minimum Gasteiger partial charge on any atom is -0.497 e. The second-order valence-electron chi connectivity index (χ2n) is 5.37. The summed E-state index contributed by atoms with van der Waals surface area (Å²) in [7, 11) is 3.13. The lowest BCUT2D eigenvalue weighted by atomic mass is 10.2. The maximum absolute atomic E-state index is 12.2. The van der Waals surface area contributed by atoms with E-state index in [1.807, 2.05) is 12.1 Å². The van der Waals surface area contributed by atoms with Gasteiger partial charge in [0.2, 0.25) is 11.8 Å². The highest BCUT2D eigenvalue weighted by molar-refractivity contribution is 5.95. The Morgan fingerprint density at radius 2 is 1.68 bits per heavy atom. The van der Waals surface area contributed by atoms with Crippen LogP contribution in [-0.4, -0.2) is 32.6 Å². The quantitative estimate of drug-likeness (QED) is 0.840. The summed E-state index contributed by atoms with van der Waals surface area (Å²) >= 11 is 0. The van der Waals surface area contributed by atoms with Gasteiger partial charge in [-0.15, -0.1) is 0 Å². The van der Waals surface area contributed by atoms with Crippen molar-refractivity contribution in [3.63, 3.8) is 0 Å². The van der Waals surface area contributed by atoms with E-state index in [4.69, 9.17) is 9.47 Å². The molecule has 2 aromatic carbocycles. The molecule has 0 bridgehead atoms. The molecule has 132 valence electrons. The summed E-state index contributed by atoms with van der Waals surface area (Å²) in [6, 6.07) is 14.3. The summed E-state index contributed by atoms with van der Waals surface area (Å²) in [6.07, 6.45) is 0.170. The van der Waals surface area contributed by atoms with Crippen LogP contribution in [0.15, 0.2) is 48.5 Å². The second kappa shape index (κ2) is 8.73. The van der Waals surface area contributed by atoms with Crippen molar-refractivity contribution in [2.75, 3.05) is 31.0 Å². The van der Waals surface area contributed by atoms with Gasteiger partial charge < -0.3 is 19.7 Å². The zero-order chi connectivity index (χ0) is 18.2. The Bertz CT molecular complexity index is 728. The Balaban J connectivity index is 2.00. The van der Waals surface area contributed by atoms with Crippen LogP contribution in [0.5, 0.6) is 11.5 Å². The van der Waals surface area contributed by atoms with E-state index in [0.29, 0.717) is 17.1 Å². The monoisotopic (exact) mass is 342 g/mol. The van der Waals surface area contributed by atoms with Gasteiger partial charge in [-0.3, -0.25) is 9.59 Å². The Labute approximate surface area is 147 Å². The number of hydrogen-bond donors (Lipinski definition) is 1. The van der Waals surface area contributed by atoms with Crippen molar-refractivity contribution >= 4 is 23.2 Å². The van der Waals surface area contributed by atoms with Crippen LogP contribution in [0.2, 0.25) is 0 Å². The minimum atomic E-state index is -0.175. The van der Waals surface area contributed by atoms with Crippen LogP contribution < -0.4 is 19.7 Å². The van der Waals surface area contributed by atoms with Gasteiger partial charge in [-0.25, -0.2) is 0 Å². The third-order valence-electron chi connectivity index (χ3n) is 3.69. The summed E-state index contributed by atoms with van der Waals surface area (Å²) in [5.74, 6) is 0.984. The van der Waals surface area contributed by atoms with Crippen molar-refractivity contribution in [1.29, 1.82) is 0 Å². The smallest absolute Gasteiger partial charge is 0.226 e. The van der Waals surface area contributed by atoms with Crippen LogP contribution in [0.1, 0.15) is 13.3 Å². The molecule has 0 atom stereocenters. The molecule has 0 saturated carbocycles. The summed E-state index contributed by atoms with van der Waals surface area (Å²) < 4.78 is 10.4. The normalized spacial score (nSPS) is 10.0. The fourth-order valence-corrected chi connectivity index (χ4v) is 2.41. The lowest BCUT2D eigenvalue weighted by Gasteiger charge is -2.23. The Hall–Kier alpha value is -3.02. The predicted octanol–water partition coefficient (Wildman–Crippen LogP) is 3.09. The van der Waals surface area contributed by atoms with Gasteiger partial charge in [0, 0.05) is 25.6 Å². The maximum atomic E-state index is 12.2. The minimum absolute atomic E-state index is 0.151. The number of hydrogen-bond acceptors (Lipinski definition) is 4. The van der Waals surface area contributed by atoms with Crippen molar-refractivity contribution in [3.05, 3.63) is 48.5 Å². The highest BCUT2D eigenvalue weighted by Gasteiger charge is 2.17. The average Bonchev–Trinajstić information content (AvgIpc) is 2.62. The molecule has 0 aromatic heterocycles. The number of para-hydroxylation sites is 2. The van der Waals surface area contributed by atoms with Gasteiger partial charge in [-0.05, 0) is 36.4 Å². The summed E-state index contributed by atoms with van der Waals surface area (Å²) in [6.45, 7) is 1.73. The van der Waals surface area contributed by atoms with E-state index in [-0.39, 0.29) is 24.8 Å². The van der Waals surface area contributed by atoms with Crippen molar-refractivity contribution in [2.24, 2.45) is 0 Å². The Morgan fingerprint density at radius 3 is 2.28 bits per heavy atom. The molecule has 1 N–H and O–H groups in total. The first-order valence-electron chi connectivity index (χ1n) is 7.90. The van der Waals surface area contributed by atoms with Crippen LogP contribution >= 0.6 is 0 Å². The van der Waals surface area contributed by atoms with Crippen LogP contribution in [0, 0.1) is 0 Å². The number of anilines is 2. The summed E-state index contributed by atoms with van der Waals surface area (Å²) in [5, 5.41) is 2.80. The van der Waals surface area contributed by atoms with Crippen molar-refractivity contribution in [3.8, 4) is 11.5 Å². The highest BCUT2D eigenvalue weighted by atomic mass is 16.5. The van der Waals surface area contributed by atoms with Crippen LogP contribution in [-0.2, 0) is 9.59 Å². The Morgan fingerprint density at radius 1 is 1.00 bits per heavy atom. The topological polar surface area (TPSA) is 67.9 Å². The first-order chi connectivity index (χ1) is 12.0. The molecule has 0 saturated heterocycles. The molecule has 25 heavy (non-hydrogen) atoms. The molecule has 0 aliphatic rings. The van der Waals surface area contributed by atoms with E-state index in [2.05, 4.69) is 5.32 Å². The number of amides is 2. The maximum Gasteiger partial charge on any atom is 0.226 e. The zero-order valence-electron chi connectivity index (χ0n) is 14.6. The number of ether oxygens (including phenoxy) is 2. The molecule has 0 aliphatic heterocycles. The molecular formula is C19H22N2O4. The standard InChI is InChI=1S/C19H22N2O4/c1-14(22)21(17-6-4-5-7-18(17)25-3)13-12-19(23)20-15-8-10-16(24-2)11-9-15/h4-11H,12-13H2,1-3H3,(H,20,23). The molecular weight excluding hydrogens is 320 g/mol. The fraction of sp³-hybridized carbons (Fsp3) is 0.263. The lowest BCUT2D eigenvalue weighted by molar-refractivity contribution is -0.117. The van der Waals surface area contributed by atoms with E-state index in [1.165, 1.54) is 11.8 Å². The predicted molar refractivity (Wildman–Crippen MR) is 97.3 cm³/mol. The molecule has 2 aromatic rings. The molecule has 0 spiro atoms. The van der Waals surface area contributed by atoms with E-state index in [9.17, 15) is 9.59 Å². The number of nitrogens with zero attached hydrogens (tertiary/aromatic N) is 1. The summed E-state index contributed by atoms with van der Waals surface area (Å²) in [4.78, 5) is 25.7.